The summed E-state index contributed by atoms with van der Waals surface area (Å²) in [5.74, 6) is 1.48. The molecule has 4 nitrogen and oxygen atoms in total. The molecule has 94 valence electrons. The molecule has 2 rings (SSSR count). The van der Waals surface area contributed by atoms with E-state index in [1.807, 2.05) is 19.2 Å². The highest BCUT2D eigenvalue weighted by Crippen LogP contribution is 2.37. The third kappa shape index (κ3) is 2.10. The van der Waals surface area contributed by atoms with Gasteiger partial charge in [0.1, 0.15) is 0 Å². The minimum absolute atomic E-state index is 0.0542. The Labute approximate surface area is 102 Å². The molecular weight excluding hydrogens is 218 g/mol. The molecule has 0 amide bonds. The molecule has 1 aliphatic heterocycles. The Balaban J connectivity index is 2.48. The number of nitrogens with zero attached hydrogens (tertiary/aromatic N) is 1. The predicted molar refractivity (Wildman–Crippen MR) is 65.7 cm³/mol. The van der Waals surface area contributed by atoms with Crippen molar-refractivity contribution >= 4 is 0 Å². The van der Waals surface area contributed by atoms with Gasteiger partial charge in [-0.05, 0) is 36.7 Å². The average molecular weight is 237 g/mol. The SMILES string of the molecule is COc1cc2c(cc1OC)[C@@H](CO)N(C)CC2. The zero-order valence-corrected chi connectivity index (χ0v) is 10.6. The zero-order chi connectivity index (χ0) is 12.4. The molecule has 1 atom stereocenters. The highest BCUT2D eigenvalue weighted by atomic mass is 16.5. The Morgan fingerprint density at radius 1 is 1.29 bits per heavy atom. The summed E-state index contributed by atoms with van der Waals surface area (Å²) < 4.78 is 10.6. The van der Waals surface area contributed by atoms with E-state index >= 15 is 0 Å². The van der Waals surface area contributed by atoms with Gasteiger partial charge in [-0.3, -0.25) is 4.90 Å². The normalized spacial score (nSPS) is 19.9. The van der Waals surface area contributed by atoms with Crippen molar-refractivity contribution in [1.82, 2.24) is 4.90 Å². The van der Waals surface area contributed by atoms with Gasteiger partial charge in [0.2, 0.25) is 0 Å². The Hall–Kier alpha value is -1.26. The predicted octanol–water partition coefficient (Wildman–Crippen LogP) is 1.23. The van der Waals surface area contributed by atoms with Gasteiger partial charge in [0.15, 0.2) is 11.5 Å². The summed E-state index contributed by atoms with van der Waals surface area (Å²) in [5, 5.41) is 9.48. The summed E-state index contributed by atoms with van der Waals surface area (Å²) in [6.45, 7) is 1.08. The van der Waals surface area contributed by atoms with E-state index in [2.05, 4.69) is 4.90 Å². The largest absolute Gasteiger partial charge is 0.493 e. The van der Waals surface area contributed by atoms with Gasteiger partial charge in [-0.25, -0.2) is 0 Å². The molecule has 4 heteroatoms. The van der Waals surface area contributed by atoms with E-state index in [-0.39, 0.29) is 12.6 Å². The van der Waals surface area contributed by atoms with E-state index in [9.17, 15) is 5.11 Å². The van der Waals surface area contributed by atoms with Crippen LogP contribution in [0.3, 0.4) is 0 Å². The molecule has 0 aliphatic carbocycles. The summed E-state index contributed by atoms with van der Waals surface area (Å²) in [7, 11) is 5.30. The van der Waals surface area contributed by atoms with Gasteiger partial charge < -0.3 is 14.6 Å². The van der Waals surface area contributed by atoms with Crippen LogP contribution in [-0.2, 0) is 6.42 Å². The molecule has 0 aromatic heterocycles. The Bertz CT molecular complexity index is 406. The van der Waals surface area contributed by atoms with Crippen LogP contribution in [0.4, 0.5) is 0 Å². The second-order valence-electron chi connectivity index (χ2n) is 4.33. The summed E-state index contributed by atoms with van der Waals surface area (Å²) in [4.78, 5) is 2.16. The van der Waals surface area contributed by atoms with Crippen LogP contribution in [0.5, 0.6) is 11.5 Å². The monoisotopic (exact) mass is 237 g/mol. The fourth-order valence-electron chi connectivity index (χ4n) is 2.39. The first-order chi connectivity index (χ1) is 8.21. The van der Waals surface area contributed by atoms with E-state index in [1.54, 1.807) is 14.2 Å². The van der Waals surface area contributed by atoms with E-state index < -0.39 is 0 Å². The summed E-state index contributed by atoms with van der Waals surface area (Å²) in [6.07, 6.45) is 0.975. The first-order valence-electron chi connectivity index (χ1n) is 5.77. The zero-order valence-electron chi connectivity index (χ0n) is 10.6. The number of ether oxygens (including phenoxy) is 2. The van der Waals surface area contributed by atoms with Gasteiger partial charge in [-0.2, -0.15) is 0 Å². The standard InChI is InChI=1S/C13H19NO3/c1-14-5-4-9-6-12(16-2)13(17-3)7-10(9)11(14)8-15/h6-7,11,15H,4-5,8H2,1-3H3/t11-/m1/s1. The summed E-state index contributed by atoms with van der Waals surface area (Å²) in [6, 6.07) is 4.05. The molecule has 17 heavy (non-hydrogen) atoms. The number of methoxy groups -OCH3 is 2. The summed E-state index contributed by atoms with van der Waals surface area (Å²) in [5.41, 5.74) is 2.37. The molecule has 0 radical (unpaired) electrons. The number of benzene rings is 1. The molecule has 1 N–H and O–H groups in total. The summed E-state index contributed by atoms with van der Waals surface area (Å²) >= 11 is 0. The van der Waals surface area contributed by atoms with Gasteiger partial charge in [-0.15, -0.1) is 0 Å². The number of hydrogen-bond acceptors (Lipinski definition) is 4. The molecule has 1 heterocycles. The van der Waals surface area contributed by atoms with Crippen LogP contribution in [-0.4, -0.2) is 44.4 Å². The first kappa shape index (κ1) is 12.2. The van der Waals surface area contributed by atoms with Crippen molar-refractivity contribution in [2.45, 2.75) is 12.5 Å². The van der Waals surface area contributed by atoms with Crippen molar-refractivity contribution in [1.29, 1.82) is 0 Å². The number of rotatable bonds is 3. The van der Waals surface area contributed by atoms with Gasteiger partial charge in [0, 0.05) is 6.54 Å². The molecule has 0 spiro atoms. The fraction of sp³-hybridized carbons (Fsp3) is 0.538. The van der Waals surface area contributed by atoms with Crippen LogP contribution in [0, 0.1) is 0 Å². The van der Waals surface area contributed by atoms with Crippen LogP contribution in [0.15, 0.2) is 12.1 Å². The van der Waals surface area contributed by atoms with Crippen molar-refractivity contribution in [3.8, 4) is 11.5 Å². The van der Waals surface area contributed by atoms with Gasteiger partial charge in [-0.1, -0.05) is 0 Å². The second-order valence-corrected chi connectivity index (χ2v) is 4.33. The van der Waals surface area contributed by atoms with Crippen LogP contribution < -0.4 is 9.47 Å². The third-order valence-electron chi connectivity index (χ3n) is 3.44. The lowest BCUT2D eigenvalue weighted by atomic mass is 9.92. The number of aliphatic hydroxyl groups excluding tert-OH is 1. The molecule has 0 saturated heterocycles. The van der Waals surface area contributed by atoms with E-state index in [4.69, 9.17) is 9.47 Å². The molecule has 0 saturated carbocycles. The molecule has 1 aromatic carbocycles. The van der Waals surface area contributed by atoms with Crippen LogP contribution in [0.1, 0.15) is 17.2 Å². The average Bonchev–Trinajstić information content (AvgIpc) is 2.37. The first-order valence-corrected chi connectivity index (χ1v) is 5.77. The molecule has 1 aliphatic rings. The topological polar surface area (TPSA) is 41.9 Å². The lowest BCUT2D eigenvalue weighted by Crippen LogP contribution is -2.34. The lowest BCUT2D eigenvalue weighted by molar-refractivity contribution is 0.139. The highest BCUT2D eigenvalue weighted by Gasteiger charge is 2.25. The van der Waals surface area contributed by atoms with Gasteiger partial charge >= 0.3 is 0 Å². The number of hydrogen-bond donors (Lipinski definition) is 1. The molecule has 1 aromatic rings. The van der Waals surface area contributed by atoms with Gasteiger partial charge in [0.05, 0.1) is 26.9 Å². The van der Waals surface area contributed by atoms with Crippen molar-refractivity contribution in [3.05, 3.63) is 23.3 Å². The van der Waals surface area contributed by atoms with Crippen molar-refractivity contribution in [3.63, 3.8) is 0 Å². The van der Waals surface area contributed by atoms with Crippen molar-refractivity contribution < 1.29 is 14.6 Å². The van der Waals surface area contributed by atoms with Gasteiger partial charge in [0.25, 0.3) is 0 Å². The molecule has 0 unspecified atom stereocenters. The van der Waals surface area contributed by atoms with Crippen LogP contribution in [0.25, 0.3) is 0 Å². The quantitative estimate of drug-likeness (QED) is 0.858. The lowest BCUT2D eigenvalue weighted by Gasteiger charge is -2.33. The Kier molecular flexibility index (Phi) is 3.54. The van der Waals surface area contributed by atoms with Crippen molar-refractivity contribution in [2.75, 3.05) is 34.4 Å². The maximum Gasteiger partial charge on any atom is 0.161 e. The van der Waals surface area contributed by atoms with E-state index in [0.29, 0.717) is 0 Å². The van der Waals surface area contributed by atoms with E-state index in [0.717, 1.165) is 30.0 Å². The maximum atomic E-state index is 9.48. The Morgan fingerprint density at radius 2 is 1.94 bits per heavy atom. The van der Waals surface area contributed by atoms with Crippen molar-refractivity contribution in [2.24, 2.45) is 0 Å². The van der Waals surface area contributed by atoms with Crippen LogP contribution in [0.2, 0.25) is 0 Å². The number of fused-ring (bicyclic) bond motifs is 1. The maximum absolute atomic E-state index is 9.48. The highest BCUT2D eigenvalue weighted by molar-refractivity contribution is 5.49. The number of aliphatic hydroxyl groups is 1. The smallest absolute Gasteiger partial charge is 0.161 e. The molecular formula is C13H19NO3. The minimum Gasteiger partial charge on any atom is -0.493 e. The second kappa shape index (κ2) is 4.94. The van der Waals surface area contributed by atoms with E-state index in [1.165, 1.54) is 5.56 Å². The fourth-order valence-corrected chi connectivity index (χ4v) is 2.39. The van der Waals surface area contributed by atoms with Crippen LogP contribution >= 0.6 is 0 Å². The Morgan fingerprint density at radius 3 is 2.53 bits per heavy atom. The molecule has 0 fully saturated rings. The molecule has 0 bridgehead atoms. The minimum atomic E-state index is 0.0542. The number of likely N-dealkylation sites (N-methyl/N-ethyl adjacent to an activating group) is 1. The third-order valence-corrected chi connectivity index (χ3v) is 3.44.